The van der Waals surface area contributed by atoms with Crippen LogP contribution in [0.1, 0.15) is 11.1 Å². The van der Waals surface area contributed by atoms with Crippen LogP contribution >= 0.6 is 23.4 Å². The summed E-state index contributed by atoms with van der Waals surface area (Å²) in [5.74, 6) is 0.516. The minimum absolute atomic E-state index is 0.0214. The van der Waals surface area contributed by atoms with Gasteiger partial charge >= 0.3 is 0 Å². The van der Waals surface area contributed by atoms with E-state index in [2.05, 4.69) is 0 Å². The van der Waals surface area contributed by atoms with Crippen LogP contribution in [-0.2, 0) is 11.3 Å². The van der Waals surface area contributed by atoms with E-state index in [4.69, 9.17) is 21.1 Å². The SMILES string of the molecule is O=C1S/C(=C\c2cccc([N+](=O)[O-])c2)C(=O)N1Cc1cc2c(cc1Cl)OCO2. The molecule has 8 nitrogen and oxygen atoms in total. The third kappa shape index (κ3) is 3.41. The molecule has 4 rings (SSSR count). The monoisotopic (exact) mass is 418 g/mol. The summed E-state index contributed by atoms with van der Waals surface area (Å²) < 4.78 is 10.5. The molecule has 0 N–H and O–H groups in total. The Morgan fingerprint density at radius 1 is 1.21 bits per heavy atom. The lowest BCUT2D eigenvalue weighted by atomic mass is 10.1. The number of carbonyl (C=O) groups is 2. The summed E-state index contributed by atoms with van der Waals surface area (Å²) in [7, 11) is 0. The molecule has 2 aliphatic heterocycles. The molecule has 0 bridgehead atoms. The Hall–Kier alpha value is -3.04. The smallest absolute Gasteiger partial charge is 0.293 e. The number of amides is 2. The number of imide groups is 1. The molecule has 28 heavy (non-hydrogen) atoms. The summed E-state index contributed by atoms with van der Waals surface area (Å²) in [5.41, 5.74) is 0.908. The molecular weight excluding hydrogens is 408 g/mol. The van der Waals surface area contributed by atoms with Gasteiger partial charge in [-0.1, -0.05) is 23.7 Å². The van der Waals surface area contributed by atoms with Crippen LogP contribution in [0.3, 0.4) is 0 Å². The lowest BCUT2D eigenvalue weighted by Gasteiger charge is -2.14. The molecule has 2 amide bonds. The molecule has 10 heteroatoms. The molecule has 1 fully saturated rings. The lowest BCUT2D eigenvalue weighted by molar-refractivity contribution is -0.384. The molecule has 0 saturated carbocycles. The van der Waals surface area contributed by atoms with Gasteiger partial charge in [-0.15, -0.1) is 0 Å². The first-order valence-electron chi connectivity index (χ1n) is 8.00. The van der Waals surface area contributed by atoms with Crippen LogP contribution in [0.5, 0.6) is 11.5 Å². The summed E-state index contributed by atoms with van der Waals surface area (Å²) in [6.07, 6.45) is 1.46. The minimum atomic E-state index is -0.523. The number of nitrogens with zero attached hydrogens (tertiary/aromatic N) is 2. The number of ether oxygens (including phenoxy) is 2. The van der Waals surface area contributed by atoms with E-state index in [1.165, 1.54) is 24.3 Å². The normalized spacial score (nSPS) is 16.9. The van der Waals surface area contributed by atoms with Crippen molar-refractivity contribution in [1.82, 2.24) is 4.90 Å². The number of nitro benzene ring substituents is 1. The van der Waals surface area contributed by atoms with Crippen molar-refractivity contribution < 1.29 is 24.0 Å². The van der Waals surface area contributed by atoms with E-state index in [-0.39, 0.29) is 23.9 Å². The Labute approximate surface area is 167 Å². The Kier molecular flexibility index (Phi) is 4.70. The van der Waals surface area contributed by atoms with E-state index in [1.807, 2.05) is 0 Å². The van der Waals surface area contributed by atoms with E-state index in [0.717, 1.165) is 16.7 Å². The molecule has 0 unspecified atom stereocenters. The van der Waals surface area contributed by atoms with Crippen LogP contribution in [0.2, 0.25) is 5.02 Å². The average Bonchev–Trinajstić information content (AvgIpc) is 3.21. The van der Waals surface area contributed by atoms with Crippen LogP contribution < -0.4 is 9.47 Å². The quantitative estimate of drug-likeness (QED) is 0.416. The highest BCUT2D eigenvalue weighted by atomic mass is 35.5. The highest BCUT2D eigenvalue weighted by molar-refractivity contribution is 8.18. The van der Waals surface area contributed by atoms with Crippen molar-refractivity contribution in [2.75, 3.05) is 6.79 Å². The number of carbonyl (C=O) groups excluding carboxylic acids is 2. The predicted molar refractivity (Wildman–Crippen MR) is 102 cm³/mol. The fourth-order valence-corrected chi connectivity index (χ4v) is 3.82. The van der Waals surface area contributed by atoms with Crippen LogP contribution in [-0.4, -0.2) is 27.8 Å². The first-order valence-corrected chi connectivity index (χ1v) is 9.19. The van der Waals surface area contributed by atoms with Crippen molar-refractivity contribution in [3.63, 3.8) is 0 Å². The van der Waals surface area contributed by atoms with Gasteiger partial charge in [0.1, 0.15) is 0 Å². The Bertz CT molecular complexity index is 1050. The van der Waals surface area contributed by atoms with Crippen LogP contribution in [0.4, 0.5) is 10.5 Å². The number of thioether (sulfide) groups is 1. The van der Waals surface area contributed by atoms with Crippen molar-refractivity contribution >= 4 is 46.3 Å². The zero-order valence-electron chi connectivity index (χ0n) is 14.1. The summed E-state index contributed by atoms with van der Waals surface area (Å²) in [5, 5.41) is 10.8. The number of hydrogen-bond acceptors (Lipinski definition) is 7. The van der Waals surface area contributed by atoms with Crippen molar-refractivity contribution in [3.8, 4) is 11.5 Å². The fourth-order valence-electron chi connectivity index (χ4n) is 2.77. The Morgan fingerprint density at radius 3 is 2.71 bits per heavy atom. The first kappa shape index (κ1) is 18.3. The van der Waals surface area contributed by atoms with Crippen LogP contribution in [0.25, 0.3) is 6.08 Å². The maximum Gasteiger partial charge on any atom is 0.293 e. The molecule has 2 heterocycles. The van der Waals surface area contributed by atoms with Crippen LogP contribution in [0.15, 0.2) is 41.3 Å². The molecule has 2 aliphatic rings. The van der Waals surface area contributed by atoms with Gasteiger partial charge in [0.2, 0.25) is 6.79 Å². The molecule has 1 saturated heterocycles. The molecule has 0 atom stereocenters. The minimum Gasteiger partial charge on any atom is -0.454 e. The number of non-ortho nitro benzene ring substituents is 1. The molecule has 2 aromatic rings. The fraction of sp³-hybridized carbons (Fsp3) is 0.111. The van der Waals surface area contributed by atoms with Crippen molar-refractivity contribution in [1.29, 1.82) is 0 Å². The molecule has 0 aliphatic carbocycles. The number of rotatable bonds is 4. The number of hydrogen-bond donors (Lipinski definition) is 0. The highest BCUT2D eigenvalue weighted by Gasteiger charge is 2.35. The largest absolute Gasteiger partial charge is 0.454 e. The third-order valence-corrected chi connectivity index (χ3v) is 5.38. The van der Waals surface area contributed by atoms with Gasteiger partial charge in [-0.25, -0.2) is 0 Å². The van der Waals surface area contributed by atoms with E-state index >= 15 is 0 Å². The van der Waals surface area contributed by atoms with Gasteiger partial charge < -0.3 is 9.47 Å². The third-order valence-electron chi connectivity index (χ3n) is 4.12. The summed E-state index contributed by atoms with van der Waals surface area (Å²) in [4.78, 5) is 36.6. The van der Waals surface area contributed by atoms with E-state index < -0.39 is 16.1 Å². The van der Waals surface area contributed by atoms with Gasteiger partial charge in [-0.05, 0) is 35.0 Å². The van der Waals surface area contributed by atoms with Crippen molar-refractivity contribution in [3.05, 3.63) is 67.6 Å². The zero-order valence-corrected chi connectivity index (χ0v) is 15.7. The number of fused-ring (bicyclic) bond motifs is 1. The highest BCUT2D eigenvalue weighted by Crippen LogP contribution is 2.39. The first-order chi connectivity index (χ1) is 13.4. The molecule has 0 radical (unpaired) electrons. The van der Waals surface area contributed by atoms with Gasteiger partial charge in [0.05, 0.1) is 16.4 Å². The van der Waals surface area contributed by atoms with Gasteiger partial charge in [-0.3, -0.25) is 24.6 Å². The van der Waals surface area contributed by atoms with Gasteiger partial charge in [0, 0.05) is 23.2 Å². The van der Waals surface area contributed by atoms with Gasteiger partial charge in [-0.2, -0.15) is 0 Å². The second-order valence-corrected chi connectivity index (χ2v) is 7.32. The van der Waals surface area contributed by atoms with E-state index in [9.17, 15) is 19.7 Å². The van der Waals surface area contributed by atoms with Crippen molar-refractivity contribution in [2.24, 2.45) is 0 Å². The van der Waals surface area contributed by atoms with Crippen LogP contribution in [0, 0.1) is 10.1 Å². The number of benzene rings is 2. The van der Waals surface area contributed by atoms with Gasteiger partial charge in [0.25, 0.3) is 16.8 Å². The maximum atomic E-state index is 12.7. The number of nitro groups is 1. The molecule has 2 aromatic carbocycles. The van der Waals surface area contributed by atoms with E-state index in [1.54, 1.807) is 18.2 Å². The average molecular weight is 419 g/mol. The Balaban J connectivity index is 1.58. The maximum absolute atomic E-state index is 12.7. The number of halogens is 1. The summed E-state index contributed by atoms with van der Waals surface area (Å²) in [6, 6.07) is 9.04. The molecule has 0 spiro atoms. The van der Waals surface area contributed by atoms with Crippen molar-refractivity contribution in [2.45, 2.75) is 6.54 Å². The van der Waals surface area contributed by atoms with Gasteiger partial charge in [0.15, 0.2) is 11.5 Å². The molecule has 142 valence electrons. The molecular formula is C18H11ClN2O6S. The zero-order chi connectivity index (χ0) is 19.8. The van der Waals surface area contributed by atoms with E-state index in [0.29, 0.717) is 27.6 Å². The predicted octanol–water partition coefficient (Wildman–Crippen LogP) is 4.21. The molecule has 0 aromatic heterocycles. The standard InChI is InChI=1S/C18H11ClN2O6S/c19-13-7-15-14(26-9-27-15)6-11(13)8-20-17(22)16(28-18(20)23)5-10-2-1-3-12(4-10)21(24)25/h1-7H,8-9H2/b16-5-. The second-order valence-electron chi connectivity index (χ2n) is 5.92. The summed E-state index contributed by atoms with van der Waals surface area (Å²) in [6.45, 7) is 0.0645. The lowest BCUT2D eigenvalue weighted by Crippen LogP contribution is -2.27. The summed E-state index contributed by atoms with van der Waals surface area (Å²) >= 11 is 7.00. The second kappa shape index (κ2) is 7.17. The Morgan fingerprint density at radius 2 is 1.96 bits per heavy atom. The topological polar surface area (TPSA) is 99.0 Å².